The molecule has 0 bridgehead atoms. The van der Waals surface area contributed by atoms with Crippen LogP contribution in [0.1, 0.15) is 31.2 Å². The smallest absolute Gasteiger partial charge is 0.169 e. The maximum Gasteiger partial charge on any atom is 0.169 e. The Labute approximate surface area is 138 Å². The molecule has 2 atom stereocenters. The zero-order valence-electron chi connectivity index (χ0n) is 14.2. The topological polar surface area (TPSA) is 30.9 Å². The van der Waals surface area contributed by atoms with E-state index in [1.54, 1.807) is 7.11 Å². The van der Waals surface area contributed by atoms with E-state index in [-0.39, 0.29) is 11.2 Å². The van der Waals surface area contributed by atoms with Gasteiger partial charge in [-0.05, 0) is 50.0 Å². The summed E-state index contributed by atoms with van der Waals surface area (Å²) in [7, 11) is 3.98. The van der Waals surface area contributed by atoms with E-state index >= 15 is 0 Å². The molecule has 3 aliphatic rings. The first-order valence-electron chi connectivity index (χ1n) is 8.77. The van der Waals surface area contributed by atoms with Gasteiger partial charge in [-0.2, -0.15) is 0 Å². The third-order valence-corrected chi connectivity index (χ3v) is 6.17. The molecule has 3 fully saturated rings. The van der Waals surface area contributed by atoms with E-state index in [1.807, 2.05) is 6.07 Å². The van der Waals surface area contributed by atoms with E-state index in [4.69, 9.17) is 14.2 Å². The van der Waals surface area contributed by atoms with Gasteiger partial charge < -0.3 is 19.1 Å². The van der Waals surface area contributed by atoms with Crippen LogP contribution < -0.4 is 4.74 Å². The van der Waals surface area contributed by atoms with Crippen molar-refractivity contribution in [1.29, 1.82) is 0 Å². The summed E-state index contributed by atoms with van der Waals surface area (Å²) in [5.41, 5.74) is 1.54. The molecule has 1 aliphatic carbocycles. The van der Waals surface area contributed by atoms with Crippen LogP contribution >= 0.6 is 0 Å². The molecule has 0 aromatic heterocycles. The first kappa shape index (κ1) is 15.4. The van der Waals surface area contributed by atoms with Crippen molar-refractivity contribution in [2.24, 2.45) is 5.92 Å². The number of piperidine rings is 1. The van der Waals surface area contributed by atoms with E-state index < -0.39 is 0 Å². The fraction of sp³-hybridized carbons (Fsp3) is 0.684. The van der Waals surface area contributed by atoms with Gasteiger partial charge in [0.25, 0.3) is 0 Å². The molecule has 4 heteroatoms. The Bertz CT molecular complexity index is 569. The van der Waals surface area contributed by atoms with Crippen LogP contribution in [0.4, 0.5) is 0 Å². The van der Waals surface area contributed by atoms with Crippen LogP contribution in [-0.2, 0) is 14.9 Å². The Balaban J connectivity index is 1.74. The van der Waals surface area contributed by atoms with Crippen molar-refractivity contribution in [3.05, 3.63) is 29.8 Å². The van der Waals surface area contributed by atoms with Crippen LogP contribution in [0.3, 0.4) is 0 Å². The third-order valence-electron chi connectivity index (χ3n) is 6.17. The Morgan fingerprint density at radius 3 is 2.83 bits per heavy atom. The average Bonchev–Trinajstić information content (AvgIpc) is 3.03. The molecule has 1 aromatic rings. The minimum Gasteiger partial charge on any atom is -0.497 e. The number of benzene rings is 1. The number of rotatable bonds is 2. The van der Waals surface area contributed by atoms with E-state index in [2.05, 4.69) is 30.1 Å². The summed E-state index contributed by atoms with van der Waals surface area (Å²) in [6.07, 6.45) is 4.33. The summed E-state index contributed by atoms with van der Waals surface area (Å²) in [5, 5.41) is 0. The van der Waals surface area contributed by atoms with E-state index in [1.165, 1.54) is 12.0 Å². The molecule has 1 saturated carbocycles. The lowest BCUT2D eigenvalue weighted by Gasteiger charge is -2.54. The zero-order valence-corrected chi connectivity index (χ0v) is 14.2. The predicted molar refractivity (Wildman–Crippen MR) is 88.8 cm³/mol. The quantitative estimate of drug-likeness (QED) is 0.839. The van der Waals surface area contributed by atoms with Crippen molar-refractivity contribution in [1.82, 2.24) is 4.90 Å². The molecule has 0 radical (unpaired) electrons. The maximum atomic E-state index is 6.09. The van der Waals surface area contributed by atoms with E-state index in [9.17, 15) is 0 Å². The van der Waals surface area contributed by atoms with Crippen LogP contribution in [0.15, 0.2) is 24.3 Å². The number of nitrogens with zero attached hydrogens (tertiary/aromatic N) is 1. The van der Waals surface area contributed by atoms with Gasteiger partial charge in [0.15, 0.2) is 5.79 Å². The highest BCUT2D eigenvalue weighted by molar-refractivity contribution is 5.36. The molecule has 2 aliphatic heterocycles. The molecule has 2 saturated heterocycles. The number of hydrogen-bond donors (Lipinski definition) is 0. The van der Waals surface area contributed by atoms with E-state index in [0.717, 1.165) is 51.3 Å². The minimum absolute atomic E-state index is 0.142. The lowest BCUT2D eigenvalue weighted by atomic mass is 9.57. The van der Waals surface area contributed by atoms with Crippen LogP contribution in [0.5, 0.6) is 5.75 Å². The highest BCUT2D eigenvalue weighted by atomic mass is 16.7. The number of ether oxygens (including phenoxy) is 3. The second kappa shape index (κ2) is 5.76. The molecule has 0 N–H and O–H groups in total. The second-order valence-electron chi connectivity index (χ2n) is 7.42. The van der Waals surface area contributed by atoms with Gasteiger partial charge in [-0.25, -0.2) is 0 Å². The Morgan fingerprint density at radius 1 is 1.22 bits per heavy atom. The van der Waals surface area contributed by atoms with Crippen LogP contribution in [0, 0.1) is 5.92 Å². The number of hydrogen-bond acceptors (Lipinski definition) is 4. The Morgan fingerprint density at radius 2 is 2.04 bits per heavy atom. The fourth-order valence-corrected chi connectivity index (χ4v) is 4.96. The first-order valence-corrected chi connectivity index (χ1v) is 8.77. The largest absolute Gasteiger partial charge is 0.497 e. The highest BCUT2D eigenvalue weighted by Gasteiger charge is 2.55. The highest BCUT2D eigenvalue weighted by Crippen LogP contribution is 2.54. The van der Waals surface area contributed by atoms with Crippen LogP contribution in [0.25, 0.3) is 0 Å². The second-order valence-corrected chi connectivity index (χ2v) is 7.42. The van der Waals surface area contributed by atoms with Gasteiger partial charge in [-0.15, -0.1) is 0 Å². The SMILES string of the molecule is COc1cccc([C@]23CCN(C)C[C@@H]2CCC2(C3)OCCO2)c1. The molecular weight excluding hydrogens is 290 g/mol. The van der Waals surface area contributed by atoms with E-state index in [0.29, 0.717) is 5.92 Å². The molecule has 126 valence electrons. The summed E-state index contributed by atoms with van der Waals surface area (Å²) in [6, 6.07) is 8.66. The zero-order chi connectivity index (χ0) is 15.9. The average molecular weight is 317 g/mol. The van der Waals surface area contributed by atoms with Crippen molar-refractivity contribution >= 4 is 0 Å². The maximum absolute atomic E-state index is 6.09. The molecule has 0 unspecified atom stereocenters. The summed E-state index contributed by atoms with van der Waals surface area (Å²) in [6.45, 7) is 3.76. The molecule has 0 amide bonds. The molecular formula is C19H27NO3. The Kier molecular flexibility index (Phi) is 3.87. The molecule has 4 rings (SSSR count). The number of fused-ring (bicyclic) bond motifs is 1. The predicted octanol–water partition coefficient (Wildman–Crippen LogP) is 2.81. The molecule has 1 spiro atoms. The first-order chi connectivity index (χ1) is 11.2. The van der Waals surface area contributed by atoms with Gasteiger partial charge in [0, 0.05) is 24.8 Å². The molecule has 4 nitrogen and oxygen atoms in total. The summed E-state index contributed by atoms with van der Waals surface area (Å²) in [5.74, 6) is 1.25. The van der Waals surface area contributed by atoms with Crippen molar-refractivity contribution in [3.63, 3.8) is 0 Å². The van der Waals surface area contributed by atoms with Gasteiger partial charge in [0.2, 0.25) is 0 Å². The van der Waals surface area contributed by atoms with Gasteiger partial charge in [0.05, 0.1) is 20.3 Å². The fourth-order valence-electron chi connectivity index (χ4n) is 4.96. The Hall–Kier alpha value is -1.10. The normalized spacial score (nSPS) is 33.6. The van der Waals surface area contributed by atoms with Crippen molar-refractivity contribution in [2.45, 2.75) is 36.9 Å². The number of likely N-dealkylation sites (tertiary alicyclic amines) is 1. The van der Waals surface area contributed by atoms with Gasteiger partial charge in [-0.1, -0.05) is 12.1 Å². The summed E-state index contributed by atoms with van der Waals surface area (Å²) in [4.78, 5) is 2.47. The molecule has 1 aromatic carbocycles. The van der Waals surface area contributed by atoms with Crippen molar-refractivity contribution in [2.75, 3.05) is 40.5 Å². The van der Waals surface area contributed by atoms with Crippen LogP contribution in [0.2, 0.25) is 0 Å². The monoisotopic (exact) mass is 317 g/mol. The lowest BCUT2D eigenvalue weighted by molar-refractivity contribution is -0.206. The van der Waals surface area contributed by atoms with Gasteiger partial charge in [-0.3, -0.25) is 0 Å². The number of methoxy groups -OCH3 is 1. The third kappa shape index (κ3) is 2.57. The van der Waals surface area contributed by atoms with Crippen LogP contribution in [-0.4, -0.2) is 51.1 Å². The summed E-state index contributed by atoms with van der Waals surface area (Å²) < 4.78 is 17.7. The lowest BCUT2D eigenvalue weighted by Crippen LogP contribution is -2.56. The molecule has 23 heavy (non-hydrogen) atoms. The minimum atomic E-state index is -0.352. The summed E-state index contributed by atoms with van der Waals surface area (Å²) >= 11 is 0. The van der Waals surface area contributed by atoms with Crippen molar-refractivity contribution in [3.8, 4) is 5.75 Å². The van der Waals surface area contributed by atoms with Gasteiger partial charge in [0.1, 0.15) is 5.75 Å². The van der Waals surface area contributed by atoms with Crippen molar-refractivity contribution < 1.29 is 14.2 Å². The standard InChI is InChI=1S/C19H27NO3/c1-20-9-8-18(15-4-3-5-17(12-15)21-2)14-19(22-10-11-23-19)7-6-16(18)13-20/h3-5,12,16H,6-11,13-14H2,1-2H3/t16-,18+/m0/s1. The van der Waals surface area contributed by atoms with Gasteiger partial charge >= 0.3 is 0 Å². The molecule has 2 heterocycles.